The van der Waals surface area contributed by atoms with E-state index in [0.717, 1.165) is 11.3 Å². The second kappa shape index (κ2) is 11.5. The van der Waals surface area contributed by atoms with Gasteiger partial charge in [0.15, 0.2) is 0 Å². The van der Waals surface area contributed by atoms with Crippen molar-refractivity contribution in [3.8, 4) is 0 Å². The van der Waals surface area contributed by atoms with Gasteiger partial charge < -0.3 is 15.3 Å². The molecule has 0 aromatic heterocycles. The third-order valence-electron chi connectivity index (χ3n) is 7.00. The highest BCUT2D eigenvalue weighted by Crippen LogP contribution is 2.37. The molecule has 3 aromatic rings. The Balaban J connectivity index is 2.07. The van der Waals surface area contributed by atoms with Crippen LogP contribution in [-0.4, -0.2) is 42.6 Å². The van der Waals surface area contributed by atoms with E-state index in [1.165, 1.54) is 10.4 Å². The zero-order chi connectivity index (χ0) is 27.3. The quantitative estimate of drug-likeness (QED) is 0.272. The molecule has 0 bridgehead atoms. The number of nitrogens with two attached hydrogens (primary N) is 1. The second-order valence-corrected chi connectivity index (χ2v) is 16.0. The Morgan fingerprint density at radius 3 is 1.78 bits per heavy atom. The highest BCUT2D eigenvalue weighted by molar-refractivity contribution is 6.99. The molecular formula is C31H42N2O3Si. The third kappa shape index (κ3) is 6.43. The van der Waals surface area contributed by atoms with E-state index in [1.807, 2.05) is 57.2 Å². The number of carbonyl (C=O) groups is 1. The summed E-state index contributed by atoms with van der Waals surface area (Å²) in [6.45, 7) is 12.8. The Hall–Kier alpha value is -3.09. The van der Waals surface area contributed by atoms with Crippen LogP contribution in [0, 0.1) is 0 Å². The number of carboxylic acid groups (broad SMARTS) is 1. The molecule has 1 amide bonds. The maximum absolute atomic E-state index is 12.6. The van der Waals surface area contributed by atoms with Gasteiger partial charge in [0.2, 0.25) is 0 Å². The van der Waals surface area contributed by atoms with E-state index in [9.17, 15) is 9.90 Å². The SMILES string of the molecule is CC(C)(C)N(C(=O)O)[C@@H](CCc1ccccc1N)CO[Si](c1ccccc1)(c1ccccc1)C(C)(C)C. The van der Waals surface area contributed by atoms with Crippen LogP contribution in [0.2, 0.25) is 5.04 Å². The summed E-state index contributed by atoms with van der Waals surface area (Å²) in [5.41, 5.74) is 7.39. The minimum Gasteiger partial charge on any atom is -0.465 e. The number of benzene rings is 3. The average molecular weight is 519 g/mol. The predicted molar refractivity (Wildman–Crippen MR) is 156 cm³/mol. The van der Waals surface area contributed by atoms with Gasteiger partial charge >= 0.3 is 6.09 Å². The third-order valence-corrected chi connectivity index (χ3v) is 12.0. The molecule has 3 aromatic carbocycles. The van der Waals surface area contributed by atoms with Crippen LogP contribution in [0.25, 0.3) is 0 Å². The van der Waals surface area contributed by atoms with Gasteiger partial charge in [-0.1, -0.05) is 99.6 Å². The largest absolute Gasteiger partial charge is 0.465 e. The van der Waals surface area contributed by atoms with E-state index >= 15 is 0 Å². The van der Waals surface area contributed by atoms with E-state index in [-0.39, 0.29) is 11.1 Å². The number of para-hydroxylation sites is 1. The number of anilines is 1. The molecular weight excluding hydrogens is 476 g/mol. The van der Waals surface area contributed by atoms with Crippen LogP contribution in [0.5, 0.6) is 0 Å². The summed E-state index contributed by atoms with van der Waals surface area (Å²) in [5.74, 6) is 0. The fourth-order valence-electron chi connectivity index (χ4n) is 5.34. The minimum absolute atomic E-state index is 0.195. The fraction of sp³-hybridized carbons (Fsp3) is 0.387. The summed E-state index contributed by atoms with van der Waals surface area (Å²) in [6.07, 6.45) is 0.335. The molecule has 0 saturated carbocycles. The number of hydrogen-bond donors (Lipinski definition) is 2. The lowest BCUT2D eigenvalue weighted by Crippen LogP contribution is -2.67. The molecule has 37 heavy (non-hydrogen) atoms. The number of rotatable bonds is 9. The Kier molecular flexibility index (Phi) is 8.87. The van der Waals surface area contributed by atoms with Gasteiger partial charge in [-0.15, -0.1) is 0 Å². The number of amides is 1. The summed E-state index contributed by atoms with van der Waals surface area (Å²) < 4.78 is 7.18. The van der Waals surface area contributed by atoms with Crippen molar-refractivity contribution in [2.24, 2.45) is 0 Å². The zero-order valence-electron chi connectivity index (χ0n) is 23.1. The first-order valence-electron chi connectivity index (χ1n) is 13.0. The summed E-state index contributed by atoms with van der Waals surface area (Å²) in [5, 5.41) is 12.5. The van der Waals surface area contributed by atoms with Crippen LogP contribution < -0.4 is 16.1 Å². The molecule has 1 atom stereocenters. The lowest BCUT2D eigenvalue weighted by atomic mass is 9.98. The number of hydrogen-bond acceptors (Lipinski definition) is 3. The van der Waals surface area contributed by atoms with Gasteiger partial charge in [-0.2, -0.15) is 0 Å². The van der Waals surface area contributed by atoms with E-state index in [1.54, 1.807) is 4.90 Å². The lowest BCUT2D eigenvalue weighted by molar-refractivity contribution is 0.0463. The molecule has 5 nitrogen and oxygen atoms in total. The zero-order valence-corrected chi connectivity index (χ0v) is 24.1. The molecule has 0 unspecified atom stereocenters. The van der Waals surface area contributed by atoms with Crippen molar-refractivity contribution in [3.05, 3.63) is 90.5 Å². The normalized spacial score (nSPS) is 13.2. The van der Waals surface area contributed by atoms with Gasteiger partial charge in [0, 0.05) is 11.2 Å². The van der Waals surface area contributed by atoms with Crippen LogP contribution in [0.3, 0.4) is 0 Å². The van der Waals surface area contributed by atoms with E-state index in [4.69, 9.17) is 10.2 Å². The molecule has 3 rings (SSSR count). The average Bonchev–Trinajstić information content (AvgIpc) is 2.83. The Labute approximate surface area is 223 Å². The Morgan fingerprint density at radius 2 is 1.35 bits per heavy atom. The van der Waals surface area contributed by atoms with Crippen LogP contribution in [0.4, 0.5) is 10.5 Å². The van der Waals surface area contributed by atoms with Crippen LogP contribution in [0.15, 0.2) is 84.9 Å². The molecule has 0 spiro atoms. The predicted octanol–water partition coefficient (Wildman–Crippen LogP) is 5.93. The van der Waals surface area contributed by atoms with Crippen molar-refractivity contribution in [1.29, 1.82) is 0 Å². The van der Waals surface area contributed by atoms with Gasteiger partial charge in [0.25, 0.3) is 8.32 Å². The molecule has 0 aliphatic rings. The number of nitrogen functional groups attached to an aromatic ring is 1. The maximum Gasteiger partial charge on any atom is 0.408 e. The van der Waals surface area contributed by atoms with Gasteiger partial charge in [0.1, 0.15) is 0 Å². The van der Waals surface area contributed by atoms with Crippen molar-refractivity contribution in [2.45, 2.75) is 71.0 Å². The minimum atomic E-state index is -2.82. The lowest BCUT2D eigenvalue weighted by Gasteiger charge is -2.46. The molecule has 6 heteroatoms. The molecule has 0 aliphatic carbocycles. The van der Waals surface area contributed by atoms with Gasteiger partial charge in [-0.25, -0.2) is 4.79 Å². The first-order valence-corrected chi connectivity index (χ1v) is 14.9. The Bertz CT molecular complexity index is 1110. The van der Waals surface area contributed by atoms with E-state index < -0.39 is 19.9 Å². The molecule has 3 N–H and O–H groups in total. The highest BCUT2D eigenvalue weighted by Gasteiger charge is 2.51. The topological polar surface area (TPSA) is 75.8 Å². The second-order valence-electron chi connectivity index (χ2n) is 11.7. The first-order chi connectivity index (χ1) is 17.4. The van der Waals surface area contributed by atoms with Gasteiger partial charge in [0.05, 0.1) is 12.6 Å². The molecule has 0 heterocycles. The smallest absolute Gasteiger partial charge is 0.408 e. The number of aryl methyl sites for hydroxylation is 1. The molecule has 0 radical (unpaired) electrons. The highest BCUT2D eigenvalue weighted by atomic mass is 28.4. The summed E-state index contributed by atoms with van der Waals surface area (Å²) >= 11 is 0. The van der Waals surface area contributed by atoms with Crippen LogP contribution >= 0.6 is 0 Å². The van der Waals surface area contributed by atoms with Gasteiger partial charge in [-0.05, 0) is 60.7 Å². The monoisotopic (exact) mass is 518 g/mol. The first kappa shape index (κ1) is 28.5. The van der Waals surface area contributed by atoms with Gasteiger partial charge in [-0.3, -0.25) is 4.90 Å². The van der Waals surface area contributed by atoms with Crippen molar-refractivity contribution in [1.82, 2.24) is 4.90 Å². The van der Waals surface area contributed by atoms with E-state index in [2.05, 4.69) is 69.3 Å². The summed E-state index contributed by atoms with van der Waals surface area (Å²) in [6, 6.07) is 28.3. The van der Waals surface area contributed by atoms with Crippen LogP contribution in [-0.2, 0) is 10.8 Å². The van der Waals surface area contributed by atoms with E-state index in [0.29, 0.717) is 19.4 Å². The van der Waals surface area contributed by atoms with Crippen molar-refractivity contribution in [2.75, 3.05) is 12.3 Å². The molecule has 0 aliphatic heterocycles. The Morgan fingerprint density at radius 1 is 0.865 bits per heavy atom. The molecule has 198 valence electrons. The molecule has 0 fully saturated rings. The maximum atomic E-state index is 12.6. The van der Waals surface area contributed by atoms with Crippen molar-refractivity contribution >= 4 is 30.5 Å². The van der Waals surface area contributed by atoms with Crippen molar-refractivity contribution < 1.29 is 14.3 Å². The molecule has 0 saturated heterocycles. The van der Waals surface area contributed by atoms with Crippen LogP contribution in [0.1, 0.15) is 53.5 Å². The summed E-state index contributed by atoms with van der Waals surface area (Å²) in [4.78, 5) is 14.1. The van der Waals surface area contributed by atoms with Crippen molar-refractivity contribution in [3.63, 3.8) is 0 Å². The fourth-order valence-corrected chi connectivity index (χ4v) is 9.94. The summed E-state index contributed by atoms with van der Waals surface area (Å²) in [7, 11) is -2.82. The number of nitrogens with zero attached hydrogens (tertiary/aromatic N) is 1. The standard InChI is InChI=1S/C31H42N2O3Si/c1-30(2,3)33(29(34)35)25(22-21-24-15-13-14-20-28(24)32)23-36-37(31(4,5)6,26-16-9-7-10-17-26)27-18-11-8-12-19-27/h7-20,25H,21-23,32H2,1-6H3,(H,34,35)/t25-/m0/s1.